The minimum atomic E-state index is -0.413. The smallest absolute Gasteiger partial charge is 0.269 e. The molecule has 4 nitrogen and oxygen atoms in total. The summed E-state index contributed by atoms with van der Waals surface area (Å²) in [7, 11) is 2.13. The van der Waals surface area contributed by atoms with E-state index in [1.165, 1.54) is 32.1 Å². The quantitative estimate of drug-likeness (QED) is 0.596. The van der Waals surface area contributed by atoms with Gasteiger partial charge in [0.05, 0.1) is 5.56 Å². The van der Waals surface area contributed by atoms with Gasteiger partial charge in [0.1, 0.15) is 5.82 Å². The average Bonchev–Trinajstić information content (AvgIpc) is 2.65. The summed E-state index contributed by atoms with van der Waals surface area (Å²) < 4.78 is 14.5. The lowest BCUT2D eigenvalue weighted by atomic mass is 9.87. The lowest BCUT2D eigenvalue weighted by Gasteiger charge is -2.29. The Morgan fingerprint density at radius 1 is 1.15 bits per heavy atom. The molecule has 1 aliphatic heterocycles. The second-order valence-electron chi connectivity index (χ2n) is 7.71. The number of carbonyl (C=O) groups excluding carboxylic acids is 1. The van der Waals surface area contributed by atoms with E-state index in [4.69, 9.17) is 0 Å². The minimum Gasteiger partial charge on any atom is -0.306 e. The van der Waals surface area contributed by atoms with Crippen LogP contribution in [0.5, 0.6) is 0 Å². The van der Waals surface area contributed by atoms with E-state index in [1.807, 2.05) is 6.07 Å². The van der Waals surface area contributed by atoms with Crippen molar-refractivity contribution in [1.82, 2.24) is 15.2 Å². The van der Waals surface area contributed by atoms with Crippen LogP contribution in [0.2, 0.25) is 0 Å². The standard InChI is InChI=1S/C20H30FN3OS/c1-14-12-16(15-8-10-24(2)11-9-15)13-18(19(14)21)20(25)22-23-26-17-6-4-3-5-7-17/h12-13,15,17,23H,3-11H2,1-2H3,(H,22,25). The number of nitrogens with one attached hydrogen (secondary N) is 2. The second kappa shape index (κ2) is 9.20. The summed E-state index contributed by atoms with van der Waals surface area (Å²) in [5, 5.41) is 0.529. The Hall–Kier alpha value is -1.11. The summed E-state index contributed by atoms with van der Waals surface area (Å²) >= 11 is 1.55. The van der Waals surface area contributed by atoms with Gasteiger partial charge in [0.25, 0.3) is 5.91 Å². The first-order valence-electron chi connectivity index (χ1n) is 9.74. The number of carbonyl (C=O) groups is 1. The molecule has 1 amide bonds. The second-order valence-corrected chi connectivity index (χ2v) is 8.82. The zero-order valence-electron chi connectivity index (χ0n) is 15.8. The van der Waals surface area contributed by atoms with Crippen molar-refractivity contribution in [3.63, 3.8) is 0 Å². The topological polar surface area (TPSA) is 44.4 Å². The molecule has 0 spiro atoms. The third kappa shape index (κ3) is 4.99. The van der Waals surface area contributed by atoms with E-state index < -0.39 is 5.82 Å². The summed E-state index contributed by atoms with van der Waals surface area (Å²) in [4.78, 5) is 17.8. The van der Waals surface area contributed by atoms with Crippen LogP contribution in [0.25, 0.3) is 0 Å². The fraction of sp³-hybridized carbons (Fsp3) is 0.650. The van der Waals surface area contributed by atoms with E-state index in [2.05, 4.69) is 22.2 Å². The number of rotatable bonds is 5. The molecule has 2 N–H and O–H groups in total. The first kappa shape index (κ1) is 19.6. The fourth-order valence-electron chi connectivity index (χ4n) is 3.95. The largest absolute Gasteiger partial charge is 0.306 e. The monoisotopic (exact) mass is 379 g/mol. The van der Waals surface area contributed by atoms with E-state index in [0.717, 1.165) is 31.5 Å². The molecule has 0 aromatic heterocycles. The zero-order valence-corrected chi connectivity index (χ0v) is 16.6. The molecule has 1 aliphatic carbocycles. The van der Waals surface area contributed by atoms with Crippen LogP contribution in [-0.4, -0.2) is 36.2 Å². The van der Waals surface area contributed by atoms with E-state index in [1.54, 1.807) is 24.9 Å². The molecule has 2 aliphatic rings. The highest BCUT2D eigenvalue weighted by Crippen LogP contribution is 2.30. The number of hydrazine groups is 1. The van der Waals surface area contributed by atoms with Crippen molar-refractivity contribution in [3.8, 4) is 0 Å². The number of amides is 1. The number of halogens is 1. The third-order valence-electron chi connectivity index (χ3n) is 5.65. The highest BCUT2D eigenvalue weighted by Gasteiger charge is 2.23. The number of hydrogen-bond acceptors (Lipinski definition) is 4. The Labute approximate surface area is 160 Å². The summed E-state index contributed by atoms with van der Waals surface area (Å²) in [5.41, 5.74) is 4.46. The Kier molecular flexibility index (Phi) is 6.95. The Morgan fingerprint density at radius 3 is 2.54 bits per heavy atom. The van der Waals surface area contributed by atoms with Crippen molar-refractivity contribution in [1.29, 1.82) is 0 Å². The Morgan fingerprint density at radius 2 is 1.85 bits per heavy atom. The van der Waals surface area contributed by atoms with E-state index >= 15 is 0 Å². The highest BCUT2D eigenvalue weighted by atomic mass is 32.2. The fourth-order valence-corrected chi connectivity index (χ4v) is 4.84. The molecule has 1 aromatic carbocycles. The van der Waals surface area contributed by atoms with Gasteiger partial charge >= 0.3 is 0 Å². The number of benzene rings is 1. The molecule has 2 fully saturated rings. The molecule has 6 heteroatoms. The van der Waals surface area contributed by atoms with E-state index in [0.29, 0.717) is 16.7 Å². The van der Waals surface area contributed by atoms with Crippen LogP contribution >= 0.6 is 11.9 Å². The molecule has 0 atom stereocenters. The molecule has 144 valence electrons. The summed E-state index contributed by atoms with van der Waals surface area (Å²) in [5.74, 6) is -0.394. The van der Waals surface area contributed by atoms with Crippen molar-refractivity contribution in [2.24, 2.45) is 0 Å². The number of hydrogen-bond donors (Lipinski definition) is 2. The molecule has 0 bridgehead atoms. The first-order chi connectivity index (χ1) is 12.5. The maximum absolute atomic E-state index is 14.5. The molecule has 0 radical (unpaired) electrons. The van der Waals surface area contributed by atoms with Crippen molar-refractivity contribution in [2.75, 3.05) is 20.1 Å². The van der Waals surface area contributed by atoms with Crippen molar-refractivity contribution in [3.05, 3.63) is 34.6 Å². The van der Waals surface area contributed by atoms with Gasteiger partial charge in [0.2, 0.25) is 0 Å². The highest BCUT2D eigenvalue weighted by molar-refractivity contribution is 7.98. The van der Waals surface area contributed by atoms with Gasteiger partial charge in [-0.05, 0) is 75.9 Å². The maximum Gasteiger partial charge on any atom is 0.269 e. The lowest BCUT2D eigenvalue weighted by molar-refractivity contribution is 0.0942. The predicted molar refractivity (Wildman–Crippen MR) is 106 cm³/mol. The van der Waals surface area contributed by atoms with Crippen LogP contribution in [0.1, 0.15) is 72.3 Å². The summed E-state index contributed by atoms with van der Waals surface area (Å²) in [6, 6.07) is 3.66. The van der Waals surface area contributed by atoms with Gasteiger partial charge in [-0.25, -0.2) is 4.39 Å². The summed E-state index contributed by atoms with van der Waals surface area (Å²) in [6.07, 6.45) is 8.26. The molecule has 1 heterocycles. The van der Waals surface area contributed by atoms with Crippen molar-refractivity contribution < 1.29 is 9.18 Å². The van der Waals surface area contributed by atoms with Gasteiger partial charge in [-0.3, -0.25) is 10.2 Å². The van der Waals surface area contributed by atoms with Crippen LogP contribution in [0.4, 0.5) is 4.39 Å². The molecule has 1 saturated heterocycles. The molecule has 3 rings (SSSR count). The lowest BCUT2D eigenvalue weighted by Crippen LogP contribution is -2.35. The molecular weight excluding hydrogens is 349 g/mol. The SMILES string of the molecule is Cc1cc(C2CCN(C)CC2)cc(C(=O)NNSC2CCCCC2)c1F. The predicted octanol–water partition coefficient (Wildman–Crippen LogP) is 4.16. The van der Waals surface area contributed by atoms with Crippen LogP contribution in [-0.2, 0) is 0 Å². The van der Waals surface area contributed by atoms with E-state index in [9.17, 15) is 9.18 Å². The summed E-state index contributed by atoms with van der Waals surface area (Å²) in [6.45, 7) is 3.83. The van der Waals surface area contributed by atoms with Gasteiger partial charge < -0.3 is 4.90 Å². The van der Waals surface area contributed by atoms with Crippen LogP contribution in [0.3, 0.4) is 0 Å². The zero-order chi connectivity index (χ0) is 18.5. The molecule has 1 aromatic rings. The van der Waals surface area contributed by atoms with Crippen molar-refractivity contribution >= 4 is 17.9 Å². The van der Waals surface area contributed by atoms with Gasteiger partial charge in [-0.15, -0.1) is 0 Å². The Balaban J connectivity index is 1.62. The normalized spacial score (nSPS) is 20.3. The third-order valence-corrected chi connectivity index (χ3v) is 6.68. The first-order valence-corrected chi connectivity index (χ1v) is 10.6. The maximum atomic E-state index is 14.5. The van der Waals surface area contributed by atoms with Crippen LogP contribution in [0, 0.1) is 12.7 Å². The van der Waals surface area contributed by atoms with E-state index in [-0.39, 0.29) is 11.5 Å². The number of nitrogens with zero attached hydrogens (tertiary/aromatic N) is 1. The van der Waals surface area contributed by atoms with Crippen LogP contribution < -0.4 is 10.3 Å². The minimum absolute atomic E-state index is 0.149. The Bertz CT molecular complexity index is 626. The van der Waals surface area contributed by atoms with Crippen molar-refractivity contribution in [2.45, 2.75) is 63.0 Å². The molecular formula is C20H30FN3OS. The molecule has 26 heavy (non-hydrogen) atoms. The molecule has 1 saturated carbocycles. The average molecular weight is 380 g/mol. The van der Waals surface area contributed by atoms with Crippen LogP contribution in [0.15, 0.2) is 12.1 Å². The number of aryl methyl sites for hydroxylation is 1. The number of piperidine rings is 1. The van der Waals surface area contributed by atoms with Gasteiger partial charge in [-0.2, -0.15) is 4.83 Å². The number of likely N-dealkylation sites (tertiary alicyclic amines) is 1. The van der Waals surface area contributed by atoms with Gasteiger partial charge in [0, 0.05) is 5.25 Å². The van der Waals surface area contributed by atoms with Gasteiger partial charge in [0.15, 0.2) is 0 Å². The molecule has 0 unspecified atom stereocenters. The van der Waals surface area contributed by atoms with Gasteiger partial charge in [-0.1, -0.05) is 37.3 Å².